The lowest BCUT2D eigenvalue weighted by atomic mass is 9.87. The number of para-hydroxylation sites is 1. The van der Waals surface area contributed by atoms with Gasteiger partial charge in [-0.15, -0.1) is 0 Å². The van der Waals surface area contributed by atoms with Crippen LogP contribution < -0.4 is 16.0 Å². The first-order chi connectivity index (χ1) is 11.2. The van der Waals surface area contributed by atoms with Crippen molar-refractivity contribution in [2.45, 2.75) is 5.92 Å². The molecule has 0 saturated heterocycles. The third kappa shape index (κ3) is 1.84. The van der Waals surface area contributed by atoms with Crippen molar-refractivity contribution in [1.29, 1.82) is 5.26 Å². The second kappa shape index (κ2) is 4.78. The number of allylic oxidation sites excluding steroid dienone is 1. The fourth-order valence-corrected chi connectivity index (χ4v) is 2.91. The summed E-state index contributed by atoms with van der Waals surface area (Å²) >= 11 is 0. The molecule has 4 rings (SSSR count). The van der Waals surface area contributed by atoms with Gasteiger partial charge >= 0.3 is 0 Å². The van der Waals surface area contributed by atoms with Crippen molar-refractivity contribution in [1.82, 2.24) is 4.98 Å². The summed E-state index contributed by atoms with van der Waals surface area (Å²) in [7, 11) is 0. The number of furan rings is 1. The number of nitrogens with two attached hydrogens (primary N) is 1. The van der Waals surface area contributed by atoms with Crippen LogP contribution in [-0.4, -0.2) is 4.98 Å². The van der Waals surface area contributed by atoms with E-state index >= 15 is 0 Å². The molecule has 6 nitrogen and oxygen atoms in total. The normalized spacial score (nSPS) is 16.7. The molecule has 112 valence electrons. The molecule has 1 aliphatic rings. The van der Waals surface area contributed by atoms with Gasteiger partial charge in [0.15, 0.2) is 0 Å². The quantitative estimate of drug-likeness (QED) is 0.718. The number of aromatic amines is 1. The SMILES string of the molecule is N#CC1=C(N)Oc2c(c(=O)[nH]c3ccccc23)C1c1ccco1. The van der Waals surface area contributed by atoms with E-state index in [1.165, 1.54) is 6.26 Å². The molecule has 23 heavy (non-hydrogen) atoms. The molecule has 0 fully saturated rings. The average molecular weight is 305 g/mol. The summed E-state index contributed by atoms with van der Waals surface area (Å²) in [6, 6.07) is 12.7. The van der Waals surface area contributed by atoms with Gasteiger partial charge in [-0.05, 0) is 24.3 Å². The Morgan fingerprint density at radius 2 is 2.04 bits per heavy atom. The van der Waals surface area contributed by atoms with E-state index in [9.17, 15) is 10.1 Å². The van der Waals surface area contributed by atoms with E-state index in [0.717, 1.165) is 5.39 Å². The summed E-state index contributed by atoms with van der Waals surface area (Å²) in [6.07, 6.45) is 1.49. The number of aromatic nitrogens is 1. The molecule has 1 aromatic carbocycles. The minimum absolute atomic E-state index is 0.0165. The van der Waals surface area contributed by atoms with Gasteiger partial charge in [0, 0.05) is 5.39 Å². The zero-order chi connectivity index (χ0) is 16.0. The molecule has 3 N–H and O–H groups in total. The van der Waals surface area contributed by atoms with Gasteiger partial charge in [0.2, 0.25) is 5.88 Å². The fourth-order valence-electron chi connectivity index (χ4n) is 2.91. The van der Waals surface area contributed by atoms with E-state index in [4.69, 9.17) is 14.9 Å². The number of ether oxygens (including phenoxy) is 1. The highest BCUT2D eigenvalue weighted by Crippen LogP contribution is 2.42. The van der Waals surface area contributed by atoms with Crippen LogP contribution in [0.3, 0.4) is 0 Å². The number of pyridine rings is 1. The molecule has 1 aliphatic heterocycles. The zero-order valence-corrected chi connectivity index (χ0v) is 11.9. The van der Waals surface area contributed by atoms with Crippen LogP contribution in [0.25, 0.3) is 10.9 Å². The molecular weight excluding hydrogens is 294 g/mol. The van der Waals surface area contributed by atoms with Gasteiger partial charge in [0.1, 0.15) is 23.2 Å². The van der Waals surface area contributed by atoms with Crippen LogP contribution in [0.2, 0.25) is 0 Å². The molecule has 1 unspecified atom stereocenters. The van der Waals surface area contributed by atoms with Gasteiger partial charge in [-0.25, -0.2) is 0 Å². The minimum Gasteiger partial charge on any atom is -0.468 e. The highest BCUT2D eigenvalue weighted by molar-refractivity contribution is 5.87. The fraction of sp³-hybridized carbons (Fsp3) is 0.0588. The molecular formula is C17H11N3O3. The maximum Gasteiger partial charge on any atom is 0.256 e. The number of hydrogen-bond donors (Lipinski definition) is 2. The Kier molecular flexibility index (Phi) is 2.75. The predicted octanol–water partition coefficient (Wildman–Crippen LogP) is 2.34. The first kappa shape index (κ1) is 13.2. The predicted molar refractivity (Wildman–Crippen MR) is 82.6 cm³/mol. The van der Waals surface area contributed by atoms with Crippen LogP contribution in [-0.2, 0) is 0 Å². The Morgan fingerprint density at radius 3 is 2.78 bits per heavy atom. The number of nitriles is 1. The highest BCUT2D eigenvalue weighted by Gasteiger charge is 2.36. The van der Waals surface area contributed by atoms with E-state index < -0.39 is 5.92 Å². The number of nitrogens with zero attached hydrogens (tertiary/aromatic N) is 1. The third-order valence-corrected chi connectivity index (χ3v) is 3.91. The number of benzene rings is 1. The van der Waals surface area contributed by atoms with Crippen LogP contribution in [0.1, 0.15) is 17.2 Å². The second-order valence-electron chi connectivity index (χ2n) is 5.18. The molecule has 2 aromatic heterocycles. The van der Waals surface area contributed by atoms with E-state index in [-0.39, 0.29) is 17.0 Å². The first-order valence-corrected chi connectivity index (χ1v) is 6.96. The molecule has 3 heterocycles. The Balaban J connectivity index is 2.11. The average Bonchev–Trinajstić information content (AvgIpc) is 3.08. The summed E-state index contributed by atoms with van der Waals surface area (Å²) in [6.45, 7) is 0. The van der Waals surface area contributed by atoms with Crippen molar-refractivity contribution in [3.05, 3.63) is 75.8 Å². The summed E-state index contributed by atoms with van der Waals surface area (Å²) < 4.78 is 11.1. The lowest BCUT2D eigenvalue weighted by Crippen LogP contribution is -2.27. The standard InChI is InChI=1S/C17H11N3O3/c18-8-10-13(12-6-3-7-22-12)14-15(23-16(10)19)9-4-1-2-5-11(9)20-17(14)21/h1-7,13H,19H2,(H,20,21). The maximum atomic E-state index is 12.6. The maximum absolute atomic E-state index is 12.6. The number of hydrogen-bond acceptors (Lipinski definition) is 5. The Bertz CT molecular complexity index is 1040. The molecule has 6 heteroatoms. The highest BCUT2D eigenvalue weighted by atomic mass is 16.5. The van der Waals surface area contributed by atoms with Gasteiger partial charge in [-0.1, -0.05) is 12.1 Å². The number of fused-ring (bicyclic) bond motifs is 3. The molecule has 0 bridgehead atoms. The summed E-state index contributed by atoms with van der Waals surface area (Å²) in [5.41, 5.74) is 6.72. The largest absolute Gasteiger partial charge is 0.468 e. The number of rotatable bonds is 1. The van der Waals surface area contributed by atoms with Crippen LogP contribution in [0.4, 0.5) is 0 Å². The molecule has 0 aliphatic carbocycles. The molecule has 0 amide bonds. The van der Waals surface area contributed by atoms with E-state index in [2.05, 4.69) is 4.98 Å². The van der Waals surface area contributed by atoms with E-state index in [0.29, 0.717) is 22.6 Å². The van der Waals surface area contributed by atoms with Crippen molar-refractivity contribution >= 4 is 10.9 Å². The molecule has 3 aromatic rings. The summed E-state index contributed by atoms with van der Waals surface area (Å²) in [5, 5.41) is 10.2. The smallest absolute Gasteiger partial charge is 0.256 e. The minimum atomic E-state index is -0.688. The topological polar surface area (TPSA) is 105 Å². The van der Waals surface area contributed by atoms with E-state index in [1.807, 2.05) is 24.3 Å². The van der Waals surface area contributed by atoms with Gasteiger partial charge in [0.25, 0.3) is 5.56 Å². The number of nitrogens with one attached hydrogen (secondary N) is 1. The van der Waals surface area contributed by atoms with Crippen molar-refractivity contribution in [3.8, 4) is 11.8 Å². The van der Waals surface area contributed by atoms with Crippen LogP contribution in [0.15, 0.2) is 63.3 Å². The van der Waals surface area contributed by atoms with Gasteiger partial charge in [0.05, 0.1) is 23.3 Å². The molecule has 1 atom stereocenters. The van der Waals surface area contributed by atoms with Crippen molar-refractivity contribution in [2.24, 2.45) is 5.73 Å². The zero-order valence-electron chi connectivity index (χ0n) is 11.9. The lowest BCUT2D eigenvalue weighted by molar-refractivity contribution is 0.386. The molecule has 0 spiro atoms. The Morgan fingerprint density at radius 1 is 1.22 bits per heavy atom. The van der Waals surface area contributed by atoms with E-state index in [1.54, 1.807) is 18.2 Å². The van der Waals surface area contributed by atoms with Gasteiger partial charge < -0.3 is 19.9 Å². The van der Waals surface area contributed by atoms with Gasteiger partial charge in [-0.3, -0.25) is 4.79 Å². The Labute approximate surface area is 130 Å². The third-order valence-electron chi connectivity index (χ3n) is 3.91. The Hall–Kier alpha value is -3.46. The van der Waals surface area contributed by atoms with Crippen LogP contribution in [0.5, 0.6) is 5.75 Å². The van der Waals surface area contributed by atoms with Crippen LogP contribution in [0, 0.1) is 11.3 Å². The van der Waals surface area contributed by atoms with Crippen molar-refractivity contribution in [2.75, 3.05) is 0 Å². The monoisotopic (exact) mass is 305 g/mol. The van der Waals surface area contributed by atoms with Crippen molar-refractivity contribution in [3.63, 3.8) is 0 Å². The van der Waals surface area contributed by atoms with Crippen molar-refractivity contribution < 1.29 is 9.15 Å². The van der Waals surface area contributed by atoms with Crippen LogP contribution >= 0.6 is 0 Å². The van der Waals surface area contributed by atoms with Gasteiger partial charge in [-0.2, -0.15) is 5.26 Å². The summed E-state index contributed by atoms with van der Waals surface area (Å²) in [4.78, 5) is 15.4. The first-order valence-electron chi connectivity index (χ1n) is 6.96. The number of H-pyrrole nitrogens is 1. The lowest BCUT2D eigenvalue weighted by Gasteiger charge is -2.24. The summed E-state index contributed by atoms with van der Waals surface area (Å²) in [5.74, 6) is 0.126. The molecule has 0 radical (unpaired) electrons. The molecule has 0 saturated carbocycles. The second-order valence-corrected chi connectivity index (χ2v) is 5.18.